The van der Waals surface area contributed by atoms with Crippen LogP contribution in [0.3, 0.4) is 0 Å². The van der Waals surface area contributed by atoms with Gasteiger partial charge >= 0.3 is 6.09 Å². The third kappa shape index (κ3) is 2.23. The van der Waals surface area contributed by atoms with Gasteiger partial charge in [-0.1, -0.05) is 18.2 Å². The van der Waals surface area contributed by atoms with Gasteiger partial charge in [0.25, 0.3) is 0 Å². The summed E-state index contributed by atoms with van der Waals surface area (Å²) in [6.07, 6.45) is 2.06. The second-order valence-electron chi connectivity index (χ2n) is 4.59. The summed E-state index contributed by atoms with van der Waals surface area (Å²) in [6.45, 7) is 2.44. The van der Waals surface area contributed by atoms with Crippen LogP contribution in [0.5, 0.6) is 0 Å². The van der Waals surface area contributed by atoms with E-state index in [2.05, 4.69) is 0 Å². The quantitative estimate of drug-likeness (QED) is 0.834. The maximum Gasteiger partial charge on any atom is 0.407 e. The number of carbonyl (C=O) groups is 2. The third-order valence-corrected chi connectivity index (χ3v) is 3.61. The van der Waals surface area contributed by atoms with E-state index in [1.165, 1.54) is 16.0 Å². The summed E-state index contributed by atoms with van der Waals surface area (Å²) in [5.41, 5.74) is 3.48. The number of hydrogen-bond acceptors (Lipinski definition) is 2. The highest BCUT2D eigenvalue weighted by Gasteiger charge is 2.28. The summed E-state index contributed by atoms with van der Waals surface area (Å²) in [6, 6.07) is 5.86. The normalized spacial score (nSPS) is 18.3. The summed E-state index contributed by atoms with van der Waals surface area (Å²) in [5.74, 6) is 0. The Morgan fingerprint density at radius 1 is 1.56 bits per heavy atom. The molecule has 1 aromatic rings. The lowest BCUT2D eigenvalue weighted by Gasteiger charge is -2.34. The molecule has 0 radical (unpaired) electrons. The lowest BCUT2D eigenvalue weighted by atomic mass is 9.88. The number of nitrogens with zero attached hydrogens (tertiary/aromatic N) is 1. The molecule has 1 aliphatic heterocycles. The van der Waals surface area contributed by atoms with Gasteiger partial charge in [0.1, 0.15) is 6.29 Å². The second-order valence-corrected chi connectivity index (χ2v) is 4.59. The van der Waals surface area contributed by atoms with Gasteiger partial charge in [-0.3, -0.25) is 0 Å². The van der Waals surface area contributed by atoms with E-state index in [4.69, 9.17) is 5.11 Å². The summed E-state index contributed by atoms with van der Waals surface area (Å²) in [5, 5.41) is 9.12. The Morgan fingerprint density at radius 3 is 3.00 bits per heavy atom. The van der Waals surface area contributed by atoms with Crippen molar-refractivity contribution in [2.45, 2.75) is 32.2 Å². The number of carboxylic acid groups (broad SMARTS) is 1. The maximum absolute atomic E-state index is 11.1. The standard InChI is InChI=1S/C14H17NO3/c1-10-12-6-2-4-11(5-3-9-16)13(12)7-8-15(10)14(17)18/h2,4,6,9-10H,3,5,7-8H2,1H3,(H,17,18). The van der Waals surface area contributed by atoms with E-state index in [0.29, 0.717) is 13.0 Å². The van der Waals surface area contributed by atoms with Crippen LogP contribution in [0.25, 0.3) is 0 Å². The predicted octanol–water partition coefficient (Wildman–Crippen LogP) is 2.42. The predicted molar refractivity (Wildman–Crippen MR) is 67.7 cm³/mol. The summed E-state index contributed by atoms with van der Waals surface area (Å²) >= 11 is 0. The van der Waals surface area contributed by atoms with Crippen molar-refractivity contribution >= 4 is 12.4 Å². The first-order valence-electron chi connectivity index (χ1n) is 6.19. The van der Waals surface area contributed by atoms with E-state index >= 15 is 0 Å². The zero-order chi connectivity index (χ0) is 13.1. The van der Waals surface area contributed by atoms with Gasteiger partial charge in [-0.05, 0) is 36.5 Å². The summed E-state index contributed by atoms with van der Waals surface area (Å²) < 4.78 is 0. The van der Waals surface area contributed by atoms with Gasteiger partial charge in [-0.25, -0.2) is 4.79 Å². The number of hydrogen-bond donors (Lipinski definition) is 1. The van der Waals surface area contributed by atoms with Gasteiger partial charge < -0.3 is 14.8 Å². The van der Waals surface area contributed by atoms with Crippen LogP contribution in [-0.2, 0) is 17.6 Å². The molecule has 0 aromatic heterocycles. The molecule has 1 amide bonds. The molecule has 0 bridgehead atoms. The zero-order valence-corrected chi connectivity index (χ0v) is 10.4. The Bertz CT molecular complexity index is 470. The molecule has 1 N–H and O–H groups in total. The van der Waals surface area contributed by atoms with Crippen LogP contribution in [0.1, 0.15) is 36.1 Å². The van der Waals surface area contributed by atoms with Crippen LogP contribution in [0.4, 0.5) is 4.79 Å². The smallest absolute Gasteiger partial charge is 0.407 e. The van der Waals surface area contributed by atoms with Crippen LogP contribution in [-0.4, -0.2) is 28.9 Å². The van der Waals surface area contributed by atoms with Crippen LogP contribution in [0.15, 0.2) is 18.2 Å². The number of aldehydes is 1. The van der Waals surface area contributed by atoms with E-state index in [-0.39, 0.29) is 6.04 Å². The fraction of sp³-hybridized carbons (Fsp3) is 0.429. The molecule has 1 aromatic carbocycles. The van der Waals surface area contributed by atoms with Crippen molar-refractivity contribution in [1.82, 2.24) is 4.90 Å². The van der Waals surface area contributed by atoms with Crippen molar-refractivity contribution in [3.8, 4) is 0 Å². The van der Waals surface area contributed by atoms with Gasteiger partial charge in [0, 0.05) is 13.0 Å². The maximum atomic E-state index is 11.1. The first kappa shape index (κ1) is 12.6. The van der Waals surface area contributed by atoms with Gasteiger partial charge in [-0.15, -0.1) is 0 Å². The number of rotatable bonds is 3. The lowest BCUT2D eigenvalue weighted by Crippen LogP contribution is -2.38. The van der Waals surface area contributed by atoms with Gasteiger partial charge in [0.15, 0.2) is 0 Å². The number of aryl methyl sites for hydroxylation is 1. The number of benzene rings is 1. The molecular formula is C14H17NO3. The van der Waals surface area contributed by atoms with E-state index in [0.717, 1.165) is 24.7 Å². The zero-order valence-electron chi connectivity index (χ0n) is 10.4. The van der Waals surface area contributed by atoms with E-state index in [1.54, 1.807) is 0 Å². The van der Waals surface area contributed by atoms with Crippen LogP contribution in [0.2, 0.25) is 0 Å². The van der Waals surface area contributed by atoms with Crippen molar-refractivity contribution in [2.24, 2.45) is 0 Å². The first-order valence-corrected chi connectivity index (χ1v) is 6.19. The number of carbonyl (C=O) groups excluding carboxylic acids is 1. The molecule has 1 heterocycles. The molecule has 18 heavy (non-hydrogen) atoms. The number of amides is 1. The van der Waals surface area contributed by atoms with Crippen LogP contribution in [0, 0.1) is 0 Å². The highest BCUT2D eigenvalue weighted by Crippen LogP contribution is 2.31. The Labute approximate surface area is 106 Å². The average Bonchev–Trinajstić information content (AvgIpc) is 2.36. The van der Waals surface area contributed by atoms with Gasteiger partial charge in [-0.2, -0.15) is 0 Å². The minimum absolute atomic E-state index is 0.109. The molecule has 1 atom stereocenters. The molecule has 0 saturated carbocycles. The topological polar surface area (TPSA) is 57.6 Å². The number of fused-ring (bicyclic) bond motifs is 1. The molecule has 4 heteroatoms. The Balaban J connectivity index is 2.32. The minimum atomic E-state index is -0.869. The second kappa shape index (κ2) is 5.21. The Morgan fingerprint density at radius 2 is 2.33 bits per heavy atom. The molecule has 0 saturated heterocycles. The lowest BCUT2D eigenvalue weighted by molar-refractivity contribution is -0.107. The SMILES string of the molecule is CC1c2cccc(CCC=O)c2CCN1C(=O)O. The van der Waals surface area contributed by atoms with Crippen LogP contribution < -0.4 is 0 Å². The van der Waals surface area contributed by atoms with Crippen molar-refractivity contribution in [3.63, 3.8) is 0 Å². The van der Waals surface area contributed by atoms with E-state index in [9.17, 15) is 9.59 Å². The van der Waals surface area contributed by atoms with Gasteiger partial charge in [0.05, 0.1) is 6.04 Å². The highest BCUT2D eigenvalue weighted by atomic mass is 16.4. The minimum Gasteiger partial charge on any atom is -0.465 e. The van der Waals surface area contributed by atoms with Crippen molar-refractivity contribution in [1.29, 1.82) is 0 Å². The van der Waals surface area contributed by atoms with Crippen molar-refractivity contribution in [2.75, 3.05) is 6.54 Å². The Kier molecular flexibility index (Phi) is 3.65. The molecule has 4 nitrogen and oxygen atoms in total. The van der Waals surface area contributed by atoms with E-state index < -0.39 is 6.09 Å². The average molecular weight is 247 g/mol. The van der Waals surface area contributed by atoms with Crippen LogP contribution >= 0.6 is 0 Å². The monoisotopic (exact) mass is 247 g/mol. The fourth-order valence-corrected chi connectivity index (χ4v) is 2.65. The highest BCUT2D eigenvalue weighted by molar-refractivity contribution is 5.66. The van der Waals surface area contributed by atoms with Crippen molar-refractivity contribution < 1.29 is 14.7 Å². The molecular weight excluding hydrogens is 230 g/mol. The van der Waals surface area contributed by atoms with Gasteiger partial charge in [0.2, 0.25) is 0 Å². The molecule has 0 aliphatic carbocycles. The largest absolute Gasteiger partial charge is 0.465 e. The molecule has 1 aliphatic rings. The first-order chi connectivity index (χ1) is 8.65. The van der Waals surface area contributed by atoms with Crippen molar-refractivity contribution in [3.05, 3.63) is 34.9 Å². The molecule has 0 fully saturated rings. The Hall–Kier alpha value is -1.84. The summed E-state index contributed by atoms with van der Waals surface area (Å²) in [4.78, 5) is 23.0. The molecule has 0 spiro atoms. The van der Waals surface area contributed by atoms with E-state index in [1.807, 2.05) is 25.1 Å². The molecule has 1 unspecified atom stereocenters. The molecule has 96 valence electrons. The third-order valence-electron chi connectivity index (χ3n) is 3.61. The summed E-state index contributed by atoms with van der Waals surface area (Å²) in [7, 11) is 0. The fourth-order valence-electron chi connectivity index (χ4n) is 2.65. The molecule has 2 rings (SSSR count).